The number of aliphatic hydroxyl groups excluding tert-OH is 1. The van der Waals surface area contributed by atoms with Gasteiger partial charge in [0, 0.05) is 23.0 Å². The number of rotatable bonds is 7. The van der Waals surface area contributed by atoms with Crippen molar-refractivity contribution in [1.82, 2.24) is 4.90 Å². The molecule has 2 heterocycles. The van der Waals surface area contributed by atoms with Crippen LogP contribution in [0.15, 0.2) is 88.5 Å². The van der Waals surface area contributed by atoms with Crippen molar-refractivity contribution in [3.05, 3.63) is 106 Å². The number of ether oxygens (including phenoxy) is 2. The summed E-state index contributed by atoms with van der Waals surface area (Å²) in [4.78, 5) is 28.5. The lowest BCUT2D eigenvalue weighted by Crippen LogP contribution is -2.30. The van der Waals surface area contributed by atoms with Gasteiger partial charge in [0.05, 0.1) is 25.8 Å². The van der Waals surface area contributed by atoms with Crippen molar-refractivity contribution in [3.63, 3.8) is 0 Å². The molecule has 0 aliphatic carbocycles. The molecule has 0 spiro atoms. The van der Waals surface area contributed by atoms with Crippen molar-refractivity contribution in [2.75, 3.05) is 14.2 Å². The summed E-state index contributed by atoms with van der Waals surface area (Å²) >= 11 is 6.17. The molecule has 1 atom stereocenters. The molecule has 1 aliphatic heterocycles. The van der Waals surface area contributed by atoms with E-state index in [1.165, 1.54) is 18.1 Å². The molecule has 3 aromatic carbocycles. The number of hydrogen-bond donors (Lipinski definition) is 1. The third kappa shape index (κ3) is 4.07. The Hall–Kier alpha value is -4.23. The maximum atomic E-state index is 13.8. The molecule has 182 valence electrons. The zero-order valence-electron chi connectivity index (χ0n) is 19.5. The average molecular weight is 504 g/mol. The van der Waals surface area contributed by atoms with E-state index in [0.29, 0.717) is 33.1 Å². The van der Waals surface area contributed by atoms with Crippen LogP contribution in [-0.4, -0.2) is 35.9 Å². The summed E-state index contributed by atoms with van der Waals surface area (Å²) in [5.41, 5.74) is 1.75. The van der Waals surface area contributed by atoms with E-state index in [4.69, 9.17) is 25.5 Å². The second-order valence-electron chi connectivity index (χ2n) is 8.33. The number of carbonyl (C=O) groups is 2. The number of amides is 1. The summed E-state index contributed by atoms with van der Waals surface area (Å²) < 4.78 is 16.5. The zero-order chi connectivity index (χ0) is 25.4. The Morgan fingerprint density at radius 1 is 1.03 bits per heavy atom. The van der Waals surface area contributed by atoms with Gasteiger partial charge in [0.15, 0.2) is 22.9 Å². The maximum absolute atomic E-state index is 13.8. The Labute approximate surface area is 212 Å². The van der Waals surface area contributed by atoms with E-state index in [1.54, 1.807) is 25.3 Å². The lowest BCUT2D eigenvalue weighted by atomic mass is 9.95. The van der Waals surface area contributed by atoms with Gasteiger partial charge in [-0.1, -0.05) is 54.1 Å². The molecule has 1 aliphatic rings. The predicted molar refractivity (Wildman–Crippen MR) is 134 cm³/mol. The first kappa shape index (κ1) is 23.5. The molecule has 8 heteroatoms. The number of aliphatic hydroxyl groups is 1. The standard InChI is InChI=1S/C28H22ClNO6/c1-34-20-10-6-7-16(11-20)15-30-24(17-8-4-3-5-9-17)23(26(32)28(30)33)25(31)21-13-18-12-19(29)14-22(35-2)27(18)36-21/h3-14,24,32H,15H2,1-2H3. The van der Waals surface area contributed by atoms with Crippen LogP contribution in [-0.2, 0) is 11.3 Å². The molecule has 7 nitrogen and oxygen atoms in total. The topological polar surface area (TPSA) is 89.2 Å². The normalized spacial score (nSPS) is 15.6. The Morgan fingerprint density at radius 3 is 2.53 bits per heavy atom. The molecule has 1 unspecified atom stereocenters. The summed E-state index contributed by atoms with van der Waals surface area (Å²) in [5, 5.41) is 11.9. The van der Waals surface area contributed by atoms with Gasteiger partial charge in [-0.05, 0) is 35.4 Å². The number of carbonyl (C=O) groups excluding carboxylic acids is 2. The summed E-state index contributed by atoms with van der Waals surface area (Å²) in [5.74, 6) is -0.884. The summed E-state index contributed by atoms with van der Waals surface area (Å²) in [6, 6.07) is 20.3. The molecule has 0 saturated heterocycles. The zero-order valence-corrected chi connectivity index (χ0v) is 20.3. The largest absolute Gasteiger partial charge is 0.503 e. The van der Waals surface area contributed by atoms with Crippen molar-refractivity contribution in [1.29, 1.82) is 0 Å². The highest BCUT2D eigenvalue weighted by atomic mass is 35.5. The van der Waals surface area contributed by atoms with Crippen LogP contribution >= 0.6 is 11.6 Å². The highest BCUT2D eigenvalue weighted by Crippen LogP contribution is 2.41. The molecule has 0 fully saturated rings. The Kier molecular flexibility index (Phi) is 6.16. The van der Waals surface area contributed by atoms with Crippen LogP contribution < -0.4 is 9.47 Å². The third-order valence-corrected chi connectivity index (χ3v) is 6.36. The highest BCUT2D eigenvalue weighted by molar-refractivity contribution is 6.31. The van der Waals surface area contributed by atoms with Gasteiger partial charge in [0.2, 0.25) is 5.78 Å². The number of nitrogens with zero attached hydrogens (tertiary/aromatic N) is 1. The lowest BCUT2D eigenvalue weighted by molar-refractivity contribution is -0.130. The summed E-state index contributed by atoms with van der Waals surface area (Å²) in [6.45, 7) is 0.153. The quantitative estimate of drug-likeness (QED) is 0.317. The molecule has 0 bridgehead atoms. The second kappa shape index (κ2) is 9.43. The molecule has 0 saturated carbocycles. The van der Waals surface area contributed by atoms with Gasteiger partial charge in [-0.3, -0.25) is 9.59 Å². The lowest BCUT2D eigenvalue weighted by Gasteiger charge is -2.27. The van der Waals surface area contributed by atoms with Crippen LogP contribution in [0.4, 0.5) is 0 Å². The van der Waals surface area contributed by atoms with Gasteiger partial charge >= 0.3 is 0 Å². The SMILES string of the molecule is COc1cccc(CN2C(=O)C(O)=C(C(=O)c3cc4cc(Cl)cc(OC)c4o3)C2c2ccccc2)c1. The van der Waals surface area contributed by atoms with E-state index in [2.05, 4.69) is 0 Å². The van der Waals surface area contributed by atoms with Crippen molar-refractivity contribution in [3.8, 4) is 11.5 Å². The minimum Gasteiger partial charge on any atom is -0.503 e. The number of halogens is 1. The molecule has 36 heavy (non-hydrogen) atoms. The van der Waals surface area contributed by atoms with E-state index >= 15 is 0 Å². The molecule has 1 N–H and O–H groups in total. The van der Waals surface area contributed by atoms with Gasteiger partial charge in [0.1, 0.15) is 5.75 Å². The summed E-state index contributed by atoms with van der Waals surface area (Å²) in [7, 11) is 3.04. The number of Topliss-reactive ketones (excluding diaryl/α,β-unsaturated/α-hetero) is 1. The fourth-order valence-corrected chi connectivity index (χ4v) is 4.70. The molecule has 1 aromatic heterocycles. The molecule has 5 rings (SSSR count). The van der Waals surface area contributed by atoms with E-state index in [-0.39, 0.29) is 17.9 Å². The smallest absolute Gasteiger partial charge is 0.290 e. The van der Waals surface area contributed by atoms with Crippen LogP contribution in [0, 0.1) is 0 Å². The second-order valence-corrected chi connectivity index (χ2v) is 8.76. The number of benzene rings is 3. The van der Waals surface area contributed by atoms with Crippen molar-refractivity contribution < 1.29 is 28.6 Å². The van der Waals surface area contributed by atoms with Gasteiger partial charge in [-0.2, -0.15) is 0 Å². The summed E-state index contributed by atoms with van der Waals surface area (Å²) in [6.07, 6.45) is 0. The van der Waals surface area contributed by atoms with E-state index < -0.39 is 23.5 Å². The van der Waals surface area contributed by atoms with Crippen molar-refractivity contribution in [2.45, 2.75) is 12.6 Å². The van der Waals surface area contributed by atoms with E-state index in [0.717, 1.165) is 5.56 Å². The van der Waals surface area contributed by atoms with Crippen LogP contribution in [0.3, 0.4) is 0 Å². The number of ketones is 1. The van der Waals surface area contributed by atoms with Gasteiger partial charge < -0.3 is 23.9 Å². The molecule has 0 radical (unpaired) electrons. The van der Waals surface area contributed by atoms with Crippen LogP contribution in [0.5, 0.6) is 11.5 Å². The van der Waals surface area contributed by atoms with E-state index in [9.17, 15) is 14.7 Å². The highest BCUT2D eigenvalue weighted by Gasteiger charge is 2.44. The Morgan fingerprint density at radius 2 is 1.81 bits per heavy atom. The monoisotopic (exact) mass is 503 g/mol. The fraction of sp³-hybridized carbons (Fsp3) is 0.143. The number of fused-ring (bicyclic) bond motifs is 1. The number of furan rings is 1. The van der Waals surface area contributed by atoms with Crippen molar-refractivity contribution in [2.24, 2.45) is 0 Å². The molecule has 4 aromatic rings. The first-order chi connectivity index (χ1) is 17.4. The van der Waals surface area contributed by atoms with Crippen LogP contribution in [0.2, 0.25) is 5.02 Å². The third-order valence-electron chi connectivity index (χ3n) is 6.14. The Balaban J connectivity index is 1.59. The first-order valence-electron chi connectivity index (χ1n) is 11.1. The number of methoxy groups -OCH3 is 2. The van der Waals surface area contributed by atoms with Crippen LogP contribution in [0.1, 0.15) is 27.7 Å². The van der Waals surface area contributed by atoms with E-state index in [1.807, 2.05) is 48.5 Å². The maximum Gasteiger partial charge on any atom is 0.290 e. The van der Waals surface area contributed by atoms with Gasteiger partial charge in [-0.25, -0.2) is 0 Å². The molecular weight excluding hydrogens is 482 g/mol. The fourth-order valence-electron chi connectivity index (χ4n) is 4.48. The molecular formula is C28H22ClNO6. The minimum absolute atomic E-state index is 0.0379. The minimum atomic E-state index is -0.823. The first-order valence-corrected chi connectivity index (χ1v) is 11.5. The van der Waals surface area contributed by atoms with Gasteiger partial charge in [0.25, 0.3) is 5.91 Å². The van der Waals surface area contributed by atoms with Crippen molar-refractivity contribution >= 4 is 34.3 Å². The average Bonchev–Trinajstić information content (AvgIpc) is 3.43. The van der Waals surface area contributed by atoms with Crippen LogP contribution in [0.25, 0.3) is 11.0 Å². The van der Waals surface area contributed by atoms with Gasteiger partial charge in [-0.15, -0.1) is 0 Å². The predicted octanol–water partition coefficient (Wildman–Crippen LogP) is 5.88. The Bertz CT molecular complexity index is 1510. The number of hydrogen-bond acceptors (Lipinski definition) is 6. The molecule has 1 amide bonds.